The molecule has 1 atom stereocenters. The molecule has 10 heteroatoms. The summed E-state index contributed by atoms with van der Waals surface area (Å²) in [5.74, 6) is -0.101. The zero-order valence-electron chi connectivity index (χ0n) is 17.9. The van der Waals surface area contributed by atoms with Gasteiger partial charge in [-0.05, 0) is 36.2 Å². The molecule has 172 valence electrons. The Morgan fingerprint density at radius 3 is 2.67 bits per heavy atom. The highest BCUT2D eigenvalue weighted by molar-refractivity contribution is 6.04. The summed E-state index contributed by atoms with van der Waals surface area (Å²) in [5.41, 5.74) is 0.904. The predicted octanol–water partition coefficient (Wildman–Crippen LogP) is 4.66. The topological polar surface area (TPSA) is 85.2 Å². The molecule has 1 aromatic heterocycles. The van der Waals surface area contributed by atoms with Crippen LogP contribution < -0.4 is 15.4 Å². The van der Waals surface area contributed by atoms with Crippen LogP contribution in [0.4, 0.5) is 24.7 Å². The molecule has 3 aromatic rings. The molecule has 4 rings (SSSR count). The van der Waals surface area contributed by atoms with Crippen LogP contribution in [0, 0.1) is 0 Å². The van der Waals surface area contributed by atoms with Crippen molar-refractivity contribution in [1.82, 2.24) is 9.78 Å². The lowest BCUT2D eigenvalue weighted by Crippen LogP contribution is -2.24. The second kappa shape index (κ2) is 8.61. The molecule has 1 unspecified atom stereocenters. The number of carbonyl (C=O) groups excluding carboxylic acids is 2. The summed E-state index contributed by atoms with van der Waals surface area (Å²) >= 11 is 0. The van der Waals surface area contributed by atoms with Crippen molar-refractivity contribution in [1.29, 1.82) is 0 Å². The summed E-state index contributed by atoms with van der Waals surface area (Å²) in [6.45, 7) is 1.92. The number of nitrogens with zero attached hydrogens (tertiary/aromatic N) is 2. The quantitative estimate of drug-likeness (QED) is 0.563. The number of alkyl halides is 3. The summed E-state index contributed by atoms with van der Waals surface area (Å²) in [5, 5.41) is 9.58. The van der Waals surface area contributed by atoms with E-state index in [-0.39, 0.29) is 12.1 Å². The molecule has 2 aromatic carbocycles. The molecule has 0 aliphatic carbocycles. The lowest BCUT2D eigenvalue weighted by atomic mass is 10.0. The van der Waals surface area contributed by atoms with E-state index in [1.165, 1.54) is 22.9 Å². The Labute approximate surface area is 187 Å². The third kappa shape index (κ3) is 4.28. The fraction of sp³-hybridized carbons (Fsp3) is 0.261. The van der Waals surface area contributed by atoms with E-state index in [0.717, 1.165) is 17.2 Å². The fourth-order valence-electron chi connectivity index (χ4n) is 3.86. The van der Waals surface area contributed by atoms with E-state index in [9.17, 15) is 22.8 Å². The molecular formula is C23H21F3N4O3. The first-order valence-electron chi connectivity index (χ1n) is 10.3. The fourth-order valence-corrected chi connectivity index (χ4v) is 3.86. The standard InChI is InChI=1S/C23H21F3N4O3/c1-3-16-20(13-7-6-8-14(11-13)33-2)21-28-22(32)18(30(21)29-16)12-19(31)27-17-10-5-4-9-15(17)23(24,25)26/h4-11,18H,3,12H2,1-2H3,(H,27,31)(H,28,32). The first kappa shape index (κ1) is 22.4. The first-order valence-corrected chi connectivity index (χ1v) is 10.3. The van der Waals surface area contributed by atoms with Crippen molar-refractivity contribution in [3.8, 4) is 16.9 Å². The Kier molecular flexibility index (Phi) is 5.84. The zero-order chi connectivity index (χ0) is 23.8. The van der Waals surface area contributed by atoms with Crippen LogP contribution in [0.15, 0.2) is 48.5 Å². The molecule has 1 aliphatic heterocycles. The van der Waals surface area contributed by atoms with E-state index in [4.69, 9.17) is 4.74 Å². The number of halogens is 3. The third-order valence-electron chi connectivity index (χ3n) is 5.40. The van der Waals surface area contributed by atoms with Crippen LogP contribution >= 0.6 is 0 Å². The molecule has 0 fully saturated rings. The largest absolute Gasteiger partial charge is 0.497 e. The first-order chi connectivity index (χ1) is 15.7. The number of amides is 2. The number of ether oxygens (including phenoxy) is 1. The normalized spacial score (nSPS) is 15.2. The SMILES string of the molecule is CCc1nn2c(c1-c1cccc(OC)c1)NC(=O)C2CC(=O)Nc1ccccc1C(F)(F)F. The molecule has 0 bridgehead atoms. The van der Waals surface area contributed by atoms with Gasteiger partial charge in [0.15, 0.2) is 0 Å². The monoisotopic (exact) mass is 458 g/mol. The summed E-state index contributed by atoms with van der Waals surface area (Å²) in [4.78, 5) is 25.3. The number of benzene rings is 2. The second-order valence-corrected chi connectivity index (χ2v) is 7.50. The third-order valence-corrected chi connectivity index (χ3v) is 5.40. The molecule has 2 heterocycles. The average Bonchev–Trinajstić information content (AvgIpc) is 3.28. The maximum Gasteiger partial charge on any atom is 0.418 e. The van der Waals surface area contributed by atoms with Crippen LogP contribution in [0.3, 0.4) is 0 Å². The maximum absolute atomic E-state index is 13.2. The number of para-hydroxylation sites is 1. The molecule has 2 N–H and O–H groups in total. The average molecular weight is 458 g/mol. The van der Waals surface area contributed by atoms with Gasteiger partial charge in [0, 0.05) is 5.56 Å². The van der Waals surface area contributed by atoms with Gasteiger partial charge in [0.2, 0.25) is 5.91 Å². The van der Waals surface area contributed by atoms with Gasteiger partial charge in [-0.25, -0.2) is 4.68 Å². The van der Waals surface area contributed by atoms with Gasteiger partial charge in [-0.15, -0.1) is 0 Å². The van der Waals surface area contributed by atoms with Crippen molar-refractivity contribution in [2.24, 2.45) is 0 Å². The second-order valence-electron chi connectivity index (χ2n) is 7.50. The highest BCUT2D eigenvalue weighted by Gasteiger charge is 2.38. The molecule has 7 nitrogen and oxygen atoms in total. The Bertz CT molecular complexity index is 1220. The van der Waals surface area contributed by atoms with Gasteiger partial charge in [0.25, 0.3) is 5.91 Å². The van der Waals surface area contributed by atoms with E-state index in [1.807, 2.05) is 25.1 Å². The minimum atomic E-state index is -4.62. The predicted molar refractivity (Wildman–Crippen MR) is 116 cm³/mol. The number of nitrogens with one attached hydrogen (secondary N) is 2. The molecule has 1 aliphatic rings. The molecule has 2 amide bonds. The number of carbonyl (C=O) groups is 2. The van der Waals surface area contributed by atoms with Crippen molar-refractivity contribution in [2.75, 3.05) is 17.7 Å². The highest BCUT2D eigenvalue weighted by atomic mass is 19.4. The Morgan fingerprint density at radius 2 is 1.97 bits per heavy atom. The highest BCUT2D eigenvalue weighted by Crippen LogP contribution is 2.40. The smallest absolute Gasteiger partial charge is 0.418 e. The van der Waals surface area contributed by atoms with Gasteiger partial charge in [-0.1, -0.05) is 31.2 Å². The van der Waals surface area contributed by atoms with Crippen molar-refractivity contribution in [2.45, 2.75) is 32.0 Å². The summed E-state index contributed by atoms with van der Waals surface area (Å²) in [6.07, 6.45) is -4.42. The van der Waals surface area contributed by atoms with Crippen LogP contribution in [0.2, 0.25) is 0 Å². The number of hydrogen-bond acceptors (Lipinski definition) is 4. The molecular weight excluding hydrogens is 437 g/mol. The Hall–Kier alpha value is -3.82. The number of rotatable bonds is 6. The Morgan fingerprint density at radius 1 is 1.21 bits per heavy atom. The van der Waals surface area contributed by atoms with Crippen molar-refractivity contribution < 1.29 is 27.5 Å². The number of aromatic nitrogens is 2. The van der Waals surface area contributed by atoms with Crippen LogP contribution in [-0.4, -0.2) is 28.7 Å². The zero-order valence-corrected chi connectivity index (χ0v) is 17.9. The molecule has 0 saturated carbocycles. The number of fused-ring (bicyclic) bond motifs is 1. The number of hydrogen-bond donors (Lipinski definition) is 2. The van der Waals surface area contributed by atoms with Crippen LogP contribution in [0.5, 0.6) is 5.75 Å². The van der Waals surface area contributed by atoms with Crippen LogP contribution in [0.1, 0.15) is 30.6 Å². The molecule has 0 radical (unpaired) electrons. The number of aryl methyl sites for hydroxylation is 1. The van der Waals surface area contributed by atoms with Crippen molar-refractivity contribution in [3.05, 3.63) is 59.8 Å². The summed E-state index contributed by atoms with van der Waals surface area (Å²) in [6, 6.07) is 11.0. The number of anilines is 2. The lowest BCUT2D eigenvalue weighted by molar-refractivity contribution is -0.137. The van der Waals surface area contributed by atoms with Crippen LogP contribution in [0.25, 0.3) is 11.1 Å². The van der Waals surface area contributed by atoms with E-state index in [0.29, 0.717) is 23.7 Å². The van der Waals surface area contributed by atoms with Gasteiger partial charge >= 0.3 is 6.18 Å². The van der Waals surface area contributed by atoms with E-state index < -0.39 is 29.6 Å². The summed E-state index contributed by atoms with van der Waals surface area (Å²) in [7, 11) is 1.55. The van der Waals surface area contributed by atoms with E-state index in [2.05, 4.69) is 15.7 Å². The van der Waals surface area contributed by atoms with Gasteiger partial charge in [-0.3, -0.25) is 9.59 Å². The molecule has 33 heavy (non-hydrogen) atoms. The lowest BCUT2D eigenvalue weighted by Gasteiger charge is -2.14. The van der Waals surface area contributed by atoms with Crippen molar-refractivity contribution >= 4 is 23.3 Å². The Balaban J connectivity index is 1.62. The molecule has 0 saturated heterocycles. The minimum Gasteiger partial charge on any atom is -0.497 e. The number of methoxy groups -OCH3 is 1. The van der Waals surface area contributed by atoms with E-state index >= 15 is 0 Å². The van der Waals surface area contributed by atoms with E-state index in [1.54, 1.807) is 13.2 Å². The maximum atomic E-state index is 13.2. The van der Waals surface area contributed by atoms with Crippen LogP contribution in [-0.2, 0) is 22.2 Å². The molecule has 0 spiro atoms. The van der Waals surface area contributed by atoms with Gasteiger partial charge in [0.05, 0.1) is 30.5 Å². The van der Waals surface area contributed by atoms with Gasteiger partial charge < -0.3 is 15.4 Å². The summed E-state index contributed by atoms with van der Waals surface area (Å²) < 4.78 is 46.4. The van der Waals surface area contributed by atoms with Gasteiger partial charge in [-0.2, -0.15) is 18.3 Å². The van der Waals surface area contributed by atoms with Crippen molar-refractivity contribution in [3.63, 3.8) is 0 Å². The van der Waals surface area contributed by atoms with Gasteiger partial charge in [0.1, 0.15) is 17.6 Å². The minimum absolute atomic E-state index is 0.361.